The summed E-state index contributed by atoms with van der Waals surface area (Å²) >= 11 is 0. The minimum atomic E-state index is -0.150. The zero-order chi connectivity index (χ0) is 12.2. The molecule has 16 heavy (non-hydrogen) atoms. The van der Waals surface area contributed by atoms with Crippen LogP contribution in [0.15, 0.2) is 0 Å². The molecule has 1 heterocycles. The number of carbonyl (C=O) groups excluding carboxylic acids is 1. The molecular formula is C13H26N2O. The van der Waals surface area contributed by atoms with Crippen molar-refractivity contribution in [2.24, 2.45) is 11.3 Å². The fourth-order valence-corrected chi connectivity index (χ4v) is 2.51. The lowest BCUT2D eigenvalue weighted by molar-refractivity contribution is -0.142. The molecule has 1 N–H and O–H groups in total. The van der Waals surface area contributed by atoms with Crippen molar-refractivity contribution in [3.05, 3.63) is 0 Å². The van der Waals surface area contributed by atoms with Crippen LogP contribution in [-0.4, -0.2) is 37.5 Å². The molecule has 0 radical (unpaired) electrons. The van der Waals surface area contributed by atoms with Gasteiger partial charge in [-0.2, -0.15) is 0 Å². The molecule has 3 nitrogen and oxygen atoms in total. The fourth-order valence-electron chi connectivity index (χ4n) is 2.51. The summed E-state index contributed by atoms with van der Waals surface area (Å²) < 4.78 is 0. The van der Waals surface area contributed by atoms with Crippen molar-refractivity contribution in [3.63, 3.8) is 0 Å². The lowest BCUT2D eigenvalue weighted by Gasteiger charge is -2.35. The molecule has 3 heteroatoms. The van der Waals surface area contributed by atoms with E-state index >= 15 is 0 Å². The van der Waals surface area contributed by atoms with E-state index in [2.05, 4.69) is 26.1 Å². The van der Waals surface area contributed by atoms with Gasteiger partial charge >= 0.3 is 0 Å². The van der Waals surface area contributed by atoms with Crippen molar-refractivity contribution >= 4 is 5.91 Å². The molecule has 1 rings (SSSR count). The number of nitrogens with zero attached hydrogens (tertiary/aromatic N) is 1. The first-order chi connectivity index (χ1) is 7.54. The third kappa shape index (κ3) is 2.57. The molecular weight excluding hydrogens is 200 g/mol. The molecule has 1 fully saturated rings. The van der Waals surface area contributed by atoms with E-state index in [1.807, 2.05) is 11.9 Å². The van der Waals surface area contributed by atoms with Crippen molar-refractivity contribution in [1.82, 2.24) is 10.2 Å². The number of carbonyl (C=O) groups is 1. The summed E-state index contributed by atoms with van der Waals surface area (Å²) in [5, 5.41) is 3.34. The van der Waals surface area contributed by atoms with Crippen LogP contribution in [0.25, 0.3) is 0 Å². The molecule has 1 unspecified atom stereocenters. The van der Waals surface area contributed by atoms with Gasteiger partial charge in [-0.15, -0.1) is 0 Å². The first-order valence-corrected chi connectivity index (χ1v) is 6.51. The van der Waals surface area contributed by atoms with Crippen molar-refractivity contribution in [3.8, 4) is 0 Å². The van der Waals surface area contributed by atoms with E-state index in [1.165, 1.54) is 0 Å². The van der Waals surface area contributed by atoms with E-state index < -0.39 is 0 Å². The molecule has 0 saturated carbocycles. The molecule has 0 aromatic rings. The second-order valence-corrected chi connectivity index (χ2v) is 5.32. The van der Waals surface area contributed by atoms with Crippen LogP contribution in [0, 0.1) is 11.3 Å². The van der Waals surface area contributed by atoms with Gasteiger partial charge in [0.15, 0.2) is 0 Å². The Morgan fingerprint density at radius 2 is 2.19 bits per heavy atom. The Morgan fingerprint density at radius 1 is 1.50 bits per heavy atom. The highest BCUT2D eigenvalue weighted by atomic mass is 16.2. The Morgan fingerprint density at radius 3 is 2.62 bits per heavy atom. The minimum Gasteiger partial charge on any atom is -0.345 e. The van der Waals surface area contributed by atoms with Gasteiger partial charge in [0.25, 0.3) is 0 Å². The number of hydrogen-bond donors (Lipinski definition) is 1. The first-order valence-electron chi connectivity index (χ1n) is 6.51. The smallest absolute Gasteiger partial charge is 0.230 e. The normalized spacial score (nSPS) is 25.1. The molecule has 0 spiro atoms. The zero-order valence-corrected chi connectivity index (χ0v) is 11.2. The van der Waals surface area contributed by atoms with Crippen LogP contribution in [0.2, 0.25) is 0 Å². The monoisotopic (exact) mass is 226 g/mol. The van der Waals surface area contributed by atoms with Crippen LogP contribution in [0.3, 0.4) is 0 Å². The third-order valence-electron chi connectivity index (χ3n) is 3.91. The van der Waals surface area contributed by atoms with Crippen LogP contribution in [0.5, 0.6) is 0 Å². The number of nitrogens with one attached hydrogen (secondary N) is 1. The van der Waals surface area contributed by atoms with Gasteiger partial charge in [0.05, 0.1) is 5.41 Å². The third-order valence-corrected chi connectivity index (χ3v) is 3.91. The lowest BCUT2D eigenvalue weighted by atomic mass is 9.75. The largest absolute Gasteiger partial charge is 0.345 e. The average molecular weight is 226 g/mol. The maximum atomic E-state index is 12.5. The van der Waals surface area contributed by atoms with Gasteiger partial charge in [0.1, 0.15) is 0 Å². The second-order valence-electron chi connectivity index (χ2n) is 5.32. The van der Waals surface area contributed by atoms with Gasteiger partial charge in [0.2, 0.25) is 5.91 Å². The van der Waals surface area contributed by atoms with Crippen LogP contribution in [0.4, 0.5) is 0 Å². The molecule has 1 aliphatic rings. The number of amides is 1. The SMILES string of the molecule is CCCCN(C)C(=O)C1(C(C)C)CCNC1. The van der Waals surface area contributed by atoms with Crippen LogP contribution in [-0.2, 0) is 4.79 Å². The summed E-state index contributed by atoms with van der Waals surface area (Å²) in [6, 6.07) is 0. The van der Waals surface area contributed by atoms with Crippen LogP contribution in [0.1, 0.15) is 40.0 Å². The molecule has 1 amide bonds. The van der Waals surface area contributed by atoms with Crippen LogP contribution < -0.4 is 5.32 Å². The Labute approximate surface area is 99.6 Å². The number of unbranched alkanes of at least 4 members (excludes halogenated alkanes) is 1. The minimum absolute atomic E-state index is 0.150. The van der Waals surface area contributed by atoms with Crippen molar-refractivity contribution in [1.29, 1.82) is 0 Å². The van der Waals surface area contributed by atoms with E-state index in [9.17, 15) is 4.79 Å². The maximum Gasteiger partial charge on any atom is 0.230 e. The number of rotatable bonds is 5. The van der Waals surface area contributed by atoms with E-state index in [4.69, 9.17) is 0 Å². The van der Waals surface area contributed by atoms with Crippen molar-refractivity contribution in [2.75, 3.05) is 26.7 Å². The predicted molar refractivity (Wildman–Crippen MR) is 67.3 cm³/mol. The highest BCUT2D eigenvalue weighted by molar-refractivity contribution is 5.83. The average Bonchev–Trinajstić information content (AvgIpc) is 2.75. The quantitative estimate of drug-likeness (QED) is 0.776. The second kappa shape index (κ2) is 5.67. The summed E-state index contributed by atoms with van der Waals surface area (Å²) in [5.41, 5.74) is -0.150. The first kappa shape index (κ1) is 13.5. The molecule has 1 aliphatic heterocycles. The van der Waals surface area contributed by atoms with Gasteiger partial charge in [-0.3, -0.25) is 4.79 Å². The zero-order valence-electron chi connectivity index (χ0n) is 11.2. The topological polar surface area (TPSA) is 32.3 Å². The molecule has 0 aromatic heterocycles. The van der Waals surface area contributed by atoms with Gasteiger partial charge < -0.3 is 10.2 Å². The predicted octanol–water partition coefficient (Wildman–Crippen LogP) is 1.88. The Hall–Kier alpha value is -0.570. The molecule has 0 aliphatic carbocycles. The van der Waals surface area contributed by atoms with E-state index in [0.717, 1.165) is 38.9 Å². The van der Waals surface area contributed by atoms with Crippen LogP contribution >= 0.6 is 0 Å². The summed E-state index contributed by atoms with van der Waals surface area (Å²) in [6.07, 6.45) is 3.23. The maximum absolute atomic E-state index is 12.5. The standard InChI is InChI=1S/C13H26N2O/c1-5-6-9-15(4)12(16)13(11(2)3)7-8-14-10-13/h11,14H,5-10H2,1-4H3. The Balaban J connectivity index is 2.68. The van der Waals surface area contributed by atoms with E-state index in [0.29, 0.717) is 11.8 Å². The van der Waals surface area contributed by atoms with Gasteiger partial charge in [-0.1, -0.05) is 27.2 Å². The number of hydrogen-bond acceptors (Lipinski definition) is 2. The lowest BCUT2D eigenvalue weighted by Crippen LogP contribution is -2.47. The van der Waals surface area contributed by atoms with E-state index in [1.54, 1.807) is 0 Å². The van der Waals surface area contributed by atoms with E-state index in [-0.39, 0.29) is 5.41 Å². The van der Waals surface area contributed by atoms with Crippen molar-refractivity contribution < 1.29 is 4.79 Å². The summed E-state index contributed by atoms with van der Waals surface area (Å²) in [7, 11) is 1.94. The van der Waals surface area contributed by atoms with Gasteiger partial charge in [0, 0.05) is 20.1 Å². The van der Waals surface area contributed by atoms with Gasteiger partial charge in [-0.25, -0.2) is 0 Å². The molecule has 0 aromatic carbocycles. The fraction of sp³-hybridized carbons (Fsp3) is 0.923. The molecule has 1 atom stereocenters. The highest BCUT2D eigenvalue weighted by Gasteiger charge is 2.45. The summed E-state index contributed by atoms with van der Waals surface area (Å²) in [6.45, 7) is 9.21. The van der Waals surface area contributed by atoms with Crippen molar-refractivity contribution in [2.45, 2.75) is 40.0 Å². The highest BCUT2D eigenvalue weighted by Crippen LogP contribution is 2.35. The molecule has 94 valence electrons. The Bertz CT molecular complexity index is 232. The molecule has 0 bridgehead atoms. The van der Waals surface area contributed by atoms with Gasteiger partial charge in [-0.05, 0) is 25.3 Å². The summed E-state index contributed by atoms with van der Waals surface area (Å²) in [4.78, 5) is 14.4. The Kier molecular flexibility index (Phi) is 4.78. The molecule has 1 saturated heterocycles. The summed E-state index contributed by atoms with van der Waals surface area (Å²) in [5.74, 6) is 0.750.